The lowest BCUT2D eigenvalue weighted by Gasteiger charge is -2.19. The Morgan fingerprint density at radius 2 is 2.41 bits per heavy atom. The summed E-state index contributed by atoms with van der Waals surface area (Å²) in [7, 11) is 0. The fourth-order valence-corrected chi connectivity index (χ4v) is 2.50. The summed E-state index contributed by atoms with van der Waals surface area (Å²) < 4.78 is 5.41. The van der Waals surface area contributed by atoms with Crippen LogP contribution in [0, 0.1) is 5.92 Å². The van der Waals surface area contributed by atoms with E-state index < -0.39 is 0 Å². The molecule has 2 rings (SSSR count). The molecule has 1 aromatic rings. The standard InChI is InChI=1S/C13H19ClN2O/c1-2-17-12-4-3-9(7-11(12)14)13(15)10-5-6-16-8-10/h3-4,7,10,13,16H,2,5-6,8,15H2,1H3. The van der Waals surface area contributed by atoms with E-state index in [0.29, 0.717) is 17.5 Å². The van der Waals surface area contributed by atoms with Gasteiger partial charge in [0.2, 0.25) is 0 Å². The lowest BCUT2D eigenvalue weighted by atomic mass is 9.93. The number of nitrogens with two attached hydrogens (primary N) is 1. The second-order valence-corrected chi connectivity index (χ2v) is 4.81. The van der Waals surface area contributed by atoms with Gasteiger partial charge in [0.1, 0.15) is 5.75 Å². The molecule has 0 spiro atoms. The van der Waals surface area contributed by atoms with Gasteiger partial charge in [-0.3, -0.25) is 0 Å². The van der Waals surface area contributed by atoms with Gasteiger partial charge >= 0.3 is 0 Å². The minimum Gasteiger partial charge on any atom is -0.492 e. The van der Waals surface area contributed by atoms with Crippen LogP contribution in [0.2, 0.25) is 5.02 Å². The molecule has 0 aliphatic carbocycles. The Morgan fingerprint density at radius 1 is 1.59 bits per heavy atom. The second kappa shape index (κ2) is 5.71. The first-order chi connectivity index (χ1) is 8.22. The minimum atomic E-state index is 0.0539. The maximum Gasteiger partial charge on any atom is 0.137 e. The first kappa shape index (κ1) is 12.7. The van der Waals surface area contributed by atoms with E-state index in [1.165, 1.54) is 0 Å². The fourth-order valence-electron chi connectivity index (χ4n) is 2.25. The van der Waals surface area contributed by atoms with Gasteiger partial charge in [0.05, 0.1) is 11.6 Å². The maximum absolute atomic E-state index is 6.25. The summed E-state index contributed by atoms with van der Waals surface area (Å²) in [5.74, 6) is 1.23. The van der Waals surface area contributed by atoms with Crippen LogP contribution >= 0.6 is 11.6 Å². The molecule has 3 nitrogen and oxygen atoms in total. The van der Waals surface area contributed by atoms with E-state index in [0.717, 1.165) is 30.8 Å². The Hall–Kier alpha value is -0.770. The van der Waals surface area contributed by atoms with Crippen molar-refractivity contribution in [1.29, 1.82) is 0 Å². The molecule has 1 aliphatic rings. The van der Waals surface area contributed by atoms with Crippen molar-refractivity contribution >= 4 is 11.6 Å². The molecule has 0 saturated carbocycles. The molecule has 94 valence electrons. The Bertz CT molecular complexity index is 378. The number of nitrogens with one attached hydrogen (secondary N) is 1. The van der Waals surface area contributed by atoms with Crippen molar-refractivity contribution in [2.75, 3.05) is 19.7 Å². The van der Waals surface area contributed by atoms with Crippen LogP contribution in [-0.4, -0.2) is 19.7 Å². The molecule has 17 heavy (non-hydrogen) atoms. The van der Waals surface area contributed by atoms with Crippen LogP contribution in [0.5, 0.6) is 5.75 Å². The van der Waals surface area contributed by atoms with Crippen LogP contribution in [0.3, 0.4) is 0 Å². The van der Waals surface area contributed by atoms with E-state index in [4.69, 9.17) is 22.1 Å². The molecule has 1 fully saturated rings. The summed E-state index contributed by atoms with van der Waals surface area (Å²) in [6.07, 6.45) is 1.13. The van der Waals surface area contributed by atoms with Gasteiger partial charge in [0.15, 0.2) is 0 Å². The number of halogens is 1. The number of benzene rings is 1. The third-order valence-corrected chi connectivity index (χ3v) is 3.54. The van der Waals surface area contributed by atoms with Gasteiger partial charge < -0.3 is 15.8 Å². The predicted molar refractivity (Wildman–Crippen MR) is 70.5 cm³/mol. The molecule has 4 heteroatoms. The van der Waals surface area contributed by atoms with Crippen molar-refractivity contribution < 1.29 is 4.74 Å². The van der Waals surface area contributed by atoms with Crippen molar-refractivity contribution in [3.63, 3.8) is 0 Å². The third kappa shape index (κ3) is 2.92. The average Bonchev–Trinajstić information content (AvgIpc) is 2.84. The number of rotatable bonds is 4. The van der Waals surface area contributed by atoms with E-state index in [1.807, 2.05) is 25.1 Å². The second-order valence-electron chi connectivity index (χ2n) is 4.40. The van der Waals surface area contributed by atoms with E-state index >= 15 is 0 Å². The van der Waals surface area contributed by atoms with Gasteiger partial charge in [0, 0.05) is 6.04 Å². The van der Waals surface area contributed by atoms with Crippen LogP contribution in [-0.2, 0) is 0 Å². The minimum absolute atomic E-state index is 0.0539. The van der Waals surface area contributed by atoms with Crippen molar-refractivity contribution in [2.24, 2.45) is 11.7 Å². The van der Waals surface area contributed by atoms with Crippen molar-refractivity contribution in [3.05, 3.63) is 28.8 Å². The normalized spacial score (nSPS) is 21.5. The van der Waals surface area contributed by atoms with Gasteiger partial charge in [-0.2, -0.15) is 0 Å². The first-order valence-corrected chi connectivity index (χ1v) is 6.48. The Labute approximate surface area is 107 Å². The van der Waals surface area contributed by atoms with E-state index in [9.17, 15) is 0 Å². The molecule has 2 atom stereocenters. The Balaban J connectivity index is 2.12. The molecule has 3 N–H and O–H groups in total. The quantitative estimate of drug-likeness (QED) is 0.867. The number of hydrogen-bond acceptors (Lipinski definition) is 3. The number of hydrogen-bond donors (Lipinski definition) is 2. The molecule has 0 aromatic heterocycles. The molecular formula is C13H19ClN2O. The van der Waals surface area contributed by atoms with Crippen molar-refractivity contribution in [3.8, 4) is 5.75 Å². The van der Waals surface area contributed by atoms with Crippen LogP contribution in [0.1, 0.15) is 24.9 Å². The van der Waals surface area contributed by atoms with E-state index in [1.54, 1.807) is 0 Å². The lowest BCUT2D eigenvalue weighted by Crippen LogP contribution is -2.23. The summed E-state index contributed by atoms with van der Waals surface area (Å²) >= 11 is 6.16. The van der Waals surface area contributed by atoms with Crippen LogP contribution in [0.15, 0.2) is 18.2 Å². The highest BCUT2D eigenvalue weighted by Gasteiger charge is 2.23. The zero-order chi connectivity index (χ0) is 12.3. The zero-order valence-corrected chi connectivity index (χ0v) is 10.8. The van der Waals surface area contributed by atoms with Gasteiger partial charge in [-0.05, 0) is 50.0 Å². The SMILES string of the molecule is CCOc1ccc(C(N)C2CCNC2)cc1Cl. The topological polar surface area (TPSA) is 47.3 Å². The number of ether oxygens (including phenoxy) is 1. The molecular weight excluding hydrogens is 236 g/mol. The fraction of sp³-hybridized carbons (Fsp3) is 0.538. The van der Waals surface area contributed by atoms with E-state index in [2.05, 4.69) is 5.32 Å². The lowest BCUT2D eigenvalue weighted by molar-refractivity contribution is 0.340. The smallest absolute Gasteiger partial charge is 0.137 e. The first-order valence-electron chi connectivity index (χ1n) is 6.11. The van der Waals surface area contributed by atoms with Crippen LogP contribution in [0.25, 0.3) is 0 Å². The Morgan fingerprint density at radius 3 is 3.00 bits per heavy atom. The third-order valence-electron chi connectivity index (χ3n) is 3.25. The van der Waals surface area contributed by atoms with E-state index in [-0.39, 0.29) is 6.04 Å². The summed E-state index contributed by atoms with van der Waals surface area (Å²) in [4.78, 5) is 0. The summed E-state index contributed by atoms with van der Waals surface area (Å²) in [5, 5.41) is 3.98. The van der Waals surface area contributed by atoms with Crippen LogP contribution in [0.4, 0.5) is 0 Å². The Kier molecular flexibility index (Phi) is 4.26. The molecule has 0 radical (unpaired) electrons. The van der Waals surface area contributed by atoms with Gasteiger partial charge in [-0.1, -0.05) is 17.7 Å². The highest BCUT2D eigenvalue weighted by atomic mass is 35.5. The summed E-state index contributed by atoms with van der Waals surface area (Å²) in [6, 6.07) is 5.90. The highest BCUT2D eigenvalue weighted by Crippen LogP contribution is 2.31. The van der Waals surface area contributed by atoms with Gasteiger partial charge in [0.25, 0.3) is 0 Å². The molecule has 1 heterocycles. The van der Waals surface area contributed by atoms with Crippen molar-refractivity contribution in [2.45, 2.75) is 19.4 Å². The van der Waals surface area contributed by atoms with Crippen molar-refractivity contribution in [1.82, 2.24) is 5.32 Å². The molecule has 0 bridgehead atoms. The van der Waals surface area contributed by atoms with Crippen LogP contribution < -0.4 is 15.8 Å². The zero-order valence-electron chi connectivity index (χ0n) is 10.1. The predicted octanol–water partition coefficient (Wildman–Crippen LogP) is 2.35. The molecule has 1 saturated heterocycles. The molecule has 0 amide bonds. The molecule has 1 aromatic carbocycles. The average molecular weight is 255 g/mol. The van der Waals surface area contributed by atoms with Gasteiger partial charge in [-0.15, -0.1) is 0 Å². The molecule has 2 unspecified atom stereocenters. The summed E-state index contributed by atoms with van der Waals surface area (Å²) in [5.41, 5.74) is 7.34. The summed E-state index contributed by atoms with van der Waals surface area (Å²) in [6.45, 7) is 4.62. The van der Waals surface area contributed by atoms with Gasteiger partial charge in [-0.25, -0.2) is 0 Å². The monoisotopic (exact) mass is 254 g/mol. The highest BCUT2D eigenvalue weighted by molar-refractivity contribution is 6.32. The molecule has 1 aliphatic heterocycles. The largest absolute Gasteiger partial charge is 0.492 e. The maximum atomic E-state index is 6.25.